The van der Waals surface area contributed by atoms with Crippen LogP contribution in [-0.2, 0) is 11.2 Å². The molecule has 0 spiro atoms. The summed E-state index contributed by atoms with van der Waals surface area (Å²) in [5, 5.41) is 4.17. The molecule has 1 fully saturated rings. The molecular formula is C23H23N3O2. The van der Waals surface area contributed by atoms with Crippen molar-refractivity contribution >= 4 is 5.91 Å². The largest absolute Gasteiger partial charge is 0.339 e. The number of carbonyl (C=O) groups is 1. The molecule has 2 aliphatic rings. The molecule has 2 aromatic carbocycles. The summed E-state index contributed by atoms with van der Waals surface area (Å²) >= 11 is 0. The van der Waals surface area contributed by atoms with Gasteiger partial charge in [-0.15, -0.1) is 0 Å². The number of fused-ring (bicyclic) bond motifs is 1. The lowest BCUT2D eigenvalue weighted by Crippen LogP contribution is -2.28. The summed E-state index contributed by atoms with van der Waals surface area (Å²) in [5.41, 5.74) is 6.03. The minimum absolute atomic E-state index is 0.0342. The average Bonchev–Trinajstić information content (AvgIpc) is 3.41. The SMILES string of the molecule is Cc1ccc(-c2noc(C3CC(=O)N(C4CCc5ccccc54)C3)n2)cc1C. The lowest BCUT2D eigenvalue weighted by molar-refractivity contribution is -0.129. The monoisotopic (exact) mass is 373 g/mol. The second kappa shape index (κ2) is 6.59. The topological polar surface area (TPSA) is 59.2 Å². The van der Waals surface area contributed by atoms with Gasteiger partial charge in [0.15, 0.2) is 0 Å². The van der Waals surface area contributed by atoms with Gasteiger partial charge < -0.3 is 9.42 Å². The summed E-state index contributed by atoms with van der Waals surface area (Å²) in [6.45, 7) is 4.81. The Bertz CT molecular complexity index is 1060. The predicted molar refractivity (Wildman–Crippen MR) is 106 cm³/mol. The molecule has 2 unspecified atom stereocenters. The first-order valence-electron chi connectivity index (χ1n) is 9.88. The second-order valence-corrected chi connectivity index (χ2v) is 7.96. The highest BCUT2D eigenvalue weighted by molar-refractivity contribution is 5.80. The third-order valence-electron chi connectivity index (χ3n) is 6.19. The molecule has 1 aromatic heterocycles. The van der Waals surface area contributed by atoms with Gasteiger partial charge in [0, 0.05) is 18.5 Å². The molecule has 1 aliphatic carbocycles. The third-order valence-corrected chi connectivity index (χ3v) is 6.19. The van der Waals surface area contributed by atoms with Crippen molar-refractivity contribution in [1.82, 2.24) is 15.0 Å². The summed E-state index contributed by atoms with van der Waals surface area (Å²) in [6, 6.07) is 14.8. The first-order valence-corrected chi connectivity index (χ1v) is 9.88. The van der Waals surface area contributed by atoms with E-state index in [1.54, 1.807) is 0 Å². The van der Waals surface area contributed by atoms with Crippen LogP contribution in [0.1, 0.15) is 52.9 Å². The summed E-state index contributed by atoms with van der Waals surface area (Å²) in [5.74, 6) is 1.30. The van der Waals surface area contributed by atoms with E-state index < -0.39 is 0 Å². The number of carbonyl (C=O) groups excluding carboxylic acids is 1. The zero-order valence-electron chi connectivity index (χ0n) is 16.2. The third kappa shape index (κ3) is 2.82. The lowest BCUT2D eigenvalue weighted by atomic mass is 10.1. The summed E-state index contributed by atoms with van der Waals surface area (Å²) < 4.78 is 5.56. The van der Waals surface area contributed by atoms with E-state index in [1.165, 1.54) is 22.3 Å². The maximum atomic E-state index is 12.7. The molecule has 5 rings (SSSR count). The van der Waals surface area contributed by atoms with Gasteiger partial charge in [0.25, 0.3) is 0 Å². The van der Waals surface area contributed by atoms with E-state index >= 15 is 0 Å². The van der Waals surface area contributed by atoms with E-state index in [-0.39, 0.29) is 17.9 Å². The number of benzene rings is 2. The van der Waals surface area contributed by atoms with Gasteiger partial charge in [0.05, 0.1) is 12.0 Å². The van der Waals surface area contributed by atoms with Crippen LogP contribution in [-0.4, -0.2) is 27.5 Å². The zero-order chi connectivity index (χ0) is 19.3. The molecule has 5 nitrogen and oxygen atoms in total. The van der Waals surface area contributed by atoms with Crippen molar-refractivity contribution in [3.05, 3.63) is 70.6 Å². The number of hydrogen-bond donors (Lipinski definition) is 0. The van der Waals surface area contributed by atoms with E-state index in [0.29, 0.717) is 24.7 Å². The van der Waals surface area contributed by atoms with Crippen molar-refractivity contribution in [2.45, 2.75) is 45.1 Å². The molecule has 0 radical (unpaired) electrons. The molecule has 0 bridgehead atoms. The van der Waals surface area contributed by atoms with E-state index in [0.717, 1.165) is 18.4 Å². The molecule has 0 N–H and O–H groups in total. The predicted octanol–water partition coefficient (Wildman–Crippen LogP) is 4.36. The van der Waals surface area contributed by atoms with Gasteiger partial charge >= 0.3 is 0 Å². The van der Waals surface area contributed by atoms with Gasteiger partial charge in [-0.05, 0) is 55.0 Å². The molecule has 1 saturated heterocycles. The number of aryl methyl sites for hydroxylation is 3. The molecule has 142 valence electrons. The van der Waals surface area contributed by atoms with Crippen molar-refractivity contribution in [3.63, 3.8) is 0 Å². The molecule has 1 aliphatic heterocycles. The van der Waals surface area contributed by atoms with E-state index in [4.69, 9.17) is 4.52 Å². The zero-order valence-corrected chi connectivity index (χ0v) is 16.2. The van der Waals surface area contributed by atoms with Crippen LogP contribution in [0.15, 0.2) is 47.0 Å². The van der Waals surface area contributed by atoms with Crippen molar-refractivity contribution in [1.29, 1.82) is 0 Å². The van der Waals surface area contributed by atoms with Crippen LogP contribution in [0.2, 0.25) is 0 Å². The van der Waals surface area contributed by atoms with Crippen LogP contribution in [0.3, 0.4) is 0 Å². The van der Waals surface area contributed by atoms with Crippen molar-refractivity contribution in [3.8, 4) is 11.4 Å². The number of likely N-dealkylation sites (tertiary alicyclic amines) is 1. The maximum Gasteiger partial charge on any atom is 0.232 e. The first kappa shape index (κ1) is 17.2. The van der Waals surface area contributed by atoms with Gasteiger partial charge in [-0.3, -0.25) is 4.79 Å². The fraction of sp³-hybridized carbons (Fsp3) is 0.348. The number of aromatic nitrogens is 2. The van der Waals surface area contributed by atoms with Gasteiger partial charge in [0.1, 0.15) is 0 Å². The fourth-order valence-electron chi connectivity index (χ4n) is 4.46. The van der Waals surface area contributed by atoms with Gasteiger partial charge in [-0.2, -0.15) is 4.98 Å². The number of amides is 1. The number of nitrogens with zero attached hydrogens (tertiary/aromatic N) is 3. The summed E-state index contributed by atoms with van der Waals surface area (Å²) in [4.78, 5) is 19.4. The lowest BCUT2D eigenvalue weighted by Gasteiger charge is -2.25. The Morgan fingerprint density at radius 3 is 2.82 bits per heavy atom. The van der Waals surface area contributed by atoms with Gasteiger partial charge in [-0.25, -0.2) is 0 Å². The van der Waals surface area contributed by atoms with E-state index in [2.05, 4.69) is 60.4 Å². The molecule has 28 heavy (non-hydrogen) atoms. The Kier molecular flexibility index (Phi) is 4.04. The minimum atomic E-state index is -0.0342. The van der Waals surface area contributed by atoms with Crippen LogP contribution in [0, 0.1) is 13.8 Å². The number of rotatable bonds is 3. The summed E-state index contributed by atoms with van der Waals surface area (Å²) in [6.07, 6.45) is 2.47. The molecule has 5 heteroatoms. The normalized spacial score (nSPS) is 21.4. The minimum Gasteiger partial charge on any atom is -0.339 e. The highest BCUT2D eigenvalue weighted by Crippen LogP contribution is 2.40. The molecule has 2 atom stereocenters. The fourth-order valence-corrected chi connectivity index (χ4v) is 4.46. The molecule has 3 aromatic rings. The van der Waals surface area contributed by atoms with E-state index in [1.807, 2.05) is 11.0 Å². The van der Waals surface area contributed by atoms with Crippen molar-refractivity contribution in [2.75, 3.05) is 6.54 Å². The smallest absolute Gasteiger partial charge is 0.232 e. The average molecular weight is 373 g/mol. The quantitative estimate of drug-likeness (QED) is 0.684. The van der Waals surface area contributed by atoms with Crippen LogP contribution in [0.4, 0.5) is 0 Å². The highest BCUT2D eigenvalue weighted by atomic mass is 16.5. The van der Waals surface area contributed by atoms with E-state index in [9.17, 15) is 4.79 Å². The summed E-state index contributed by atoms with van der Waals surface area (Å²) in [7, 11) is 0. The molecule has 0 saturated carbocycles. The second-order valence-electron chi connectivity index (χ2n) is 7.96. The van der Waals surface area contributed by atoms with Crippen LogP contribution >= 0.6 is 0 Å². The first-order chi connectivity index (χ1) is 13.6. The van der Waals surface area contributed by atoms with Crippen molar-refractivity contribution in [2.24, 2.45) is 0 Å². The van der Waals surface area contributed by atoms with Gasteiger partial charge in [-0.1, -0.05) is 41.6 Å². The molecular weight excluding hydrogens is 350 g/mol. The maximum absolute atomic E-state index is 12.7. The Morgan fingerprint density at radius 1 is 1.11 bits per heavy atom. The van der Waals surface area contributed by atoms with Gasteiger partial charge in [0.2, 0.25) is 17.6 Å². The van der Waals surface area contributed by atoms with Crippen LogP contribution in [0.25, 0.3) is 11.4 Å². The van der Waals surface area contributed by atoms with Crippen molar-refractivity contribution < 1.29 is 9.32 Å². The standard InChI is InChI=1S/C23H23N3O2/c1-14-7-8-17(11-15(14)2)22-24-23(28-25-22)18-12-21(27)26(13-18)20-10-9-16-5-3-4-6-19(16)20/h3-8,11,18,20H,9-10,12-13H2,1-2H3. The Hall–Kier alpha value is -2.95. The molecule has 2 heterocycles. The number of hydrogen-bond acceptors (Lipinski definition) is 4. The Labute approximate surface area is 164 Å². The molecule has 1 amide bonds. The highest BCUT2D eigenvalue weighted by Gasteiger charge is 2.40. The Balaban J connectivity index is 1.37. The van der Waals surface area contributed by atoms with Crippen LogP contribution in [0.5, 0.6) is 0 Å². The van der Waals surface area contributed by atoms with Crippen LogP contribution < -0.4 is 0 Å². The Morgan fingerprint density at radius 2 is 1.96 bits per heavy atom.